The van der Waals surface area contributed by atoms with E-state index in [0.29, 0.717) is 0 Å². The fraction of sp³-hybridized carbons (Fsp3) is 0.250. The van der Waals surface area contributed by atoms with Gasteiger partial charge in [-0.25, -0.2) is 8.42 Å². The van der Waals surface area contributed by atoms with E-state index >= 15 is 0 Å². The summed E-state index contributed by atoms with van der Waals surface area (Å²) in [5.41, 5.74) is -0.197. The van der Waals surface area contributed by atoms with Gasteiger partial charge in [0.2, 0.25) is 0 Å². The summed E-state index contributed by atoms with van der Waals surface area (Å²) in [5, 5.41) is 19.9. The maximum Gasteiger partial charge on any atom is 0.270 e. The number of phenols is 1. The zero-order valence-corrected chi connectivity index (χ0v) is 9.09. The van der Waals surface area contributed by atoms with Gasteiger partial charge in [-0.2, -0.15) is 0 Å². The molecule has 1 atom stereocenters. The van der Waals surface area contributed by atoms with E-state index in [0.717, 1.165) is 18.2 Å². The van der Waals surface area contributed by atoms with Crippen molar-refractivity contribution in [3.05, 3.63) is 33.9 Å². The molecule has 16 heavy (non-hydrogen) atoms. The van der Waals surface area contributed by atoms with Gasteiger partial charge in [0.1, 0.15) is 11.9 Å². The Kier molecular flexibility index (Phi) is 3.80. The zero-order chi connectivity index (χ0) is 12.3. The number of rotatable bonds is 4. The Labute approximate surface area is 92.6 Å². The third-order valence-electron chi connectivity index (χ3n) is 1.90. The number of hydrogen-bond donors (Lipinski definition) is 2. The van der Waals surface area contributed by atoms with Crippen LogP contribution in [0.2, 0.25) is 0 Å². The van der Waals surface area contributed by atoms with Gasteiger partial charge in [0.25, 0.3) is 16.7 Å². The van der Waals surface area contributed by atoms with E-state index < -0.39 is 22.0 Å². The molecule has 1 aromatic carbocycles. The van der Waals surface area contributed by atoms with E-state index in [-0.39, 0.29) is 17.0 Å². The molecule has 0 aliphatic heterocycles. The molecule has 0 spiro atoms. The van der Waals surface area contributed by atoms with Crippen molar-refractivity contribution in [2.24, 2.45) is 0 Å². The number of nitro groups is 1. The second-order valence-corrected chi connectivity index (χ2v) is 3.63. The Balaban J connectivity index is 3.11. The van der Waals surface area contributed by atoms with E-state index in [4.69, 9.17) is 0 Å². The van der Waals surface area contributed by atoms with Gasteiger partial charge in [0, 0.05) is 17.7 Å². The summed E-state index contributed by atoms with van der Waals surface area (Å²) in [6.07, 6.45) is -0.971. The number of nitro benzene ring substituents is 1. The van der Waals surface area contributed by atoms with Crippen LogP contribution in [0, 0.1) is 10.1 Å². The van der Waals surface area contributed by atoms with E-state index in [1.54, 1.807) is 0 Å². The van der Waals surface area contributed by atoms with Gasteiger partial charge in [-0.15, -0.1) is 0 Å². The smallest absolute Gasteiger partial charge is 0.270 e. The van der Waals surface area contributed by atoms with Crippen LogP contribution in [-0.4, -0.2) is 18.4 Å². The van der Waals surface area contributed by atoms with Crippen LogP contribution < -0.4 is 0 Å². The summed E-state index contributed by atoms with van der Waals surface area (Å²) in [4.78, 5) is 9.83. The Morgan fingerprint density at radius 3 is 2.62 bits per heavy atom. The Morgan fingerprint density at radius 2 is 2.12 bits per heavy atom. The molecule has 0 bridgehead atoms. The predicted molar refractivity (Wildman–Crippen MR) is 54.6 cm³/mol. The number of benzene rings is 1. The summed E-state index contributed by atoms with van der Waals surface area (Å²) >= 11 is 0. The molecule has 1 unspecified atom stereocenters. The first-order chi connectivity index (χ1) is 7.41. The standard InChI is InChI=1S/C8H9NO6S/c1-5(15-16(13)14)7-4-6(9(11)12)2-3-8(7)10/h2-5,10,16H,1H3. The molecule has 0 aliphatic carbocycles. The number of aromatic hydroxyl groups is 1. The SMILES string of the molecule is CC(O[SH](=O)=O)c1cc([N+](=O)[O-])ccc1O. The molecule has 0 radical (unpaired) electrons. The fourth-order valence-electron chi connectivity index (χ4n) is 1.17. The zero-order valence-electron chi connectivity index (χ0n) is 8.19. The molecule has 8 heteroatoms. The average Bonchev–Trinajstić information content (AvgIpc) is 2.16. The minimum Gasteiger partial charge on any atom is -0.508 e. The lowest BCUT2D eigenvalue weighted by Crippen LogP contribution is -2.00. The van der Waals surface area contributed by atoms with Gasteiger partial charge in [0.05, 0.1) is 4.92 Å². The highest BCUT2D eigenvalue weighted by molar-refractivity contribution is 7.67. The van der Waals surface area contributed by atoms with Gasteiger partial charge in [-0.05, 0) is 13.0 Å². The lowest BCUT2D eigenvalue weighted by atomic mass is 10.1. The Morgan fingerprint density at radius 1 is 1.50 bits per heavy atom. The van der Waals surface area contributed by atoms with Crippen LogP contribution in [0.15, 0.2) is 18.2 Å². The van der Waals surface area contributed by atoms with Gasteiger partial charge in [-0.3, -0.25) is 14.3 Å². The largest absolute Gasteiger partial charge is 0.508 e. The van der Waals surface area contributed by atoms with Crippen molar-refractivity contribution in [2.75, 3.05) is 0 Å². The number of nitrogens with zero attached hydrogens (tertiary/aromatic N) is 1. The van der Waals surface area contributed by atoms with Crippen LogP contribution in [-0.2, 0) is 15.2 Å². The number of phenolic OH excluding ortho intramolecular Hbond substituents is 1. The molecule has 0 aromatic heterocycles. The quantitative estimate of drug-likeness (QED) is 0.465. The molecule has 0 heterocycles. The third kappa shape index (κ3) is 2.91. The second-order valence-electron chi connectivity index (χ2n) is 2.97. The topological polar surface area (TPSA) is 107 Å². The first-order valence-electron chi connectivity index (χ1n) is 4.20. The van der Waals surface area contributed by atoms with Gasteiger partial charge >= 0.3 is 0 Å². The van der Waals surface area contributed by atoms with Gasteiger partial charge in [-0.1, -0.05) is 0 Å². The third-order valence-corrected chi connectivity index (χ3v) is 2.39. The van der Waals surface area contributed by atoms with Crippen molar-refractivity contribution in [3.8, 4) is 5.75 Å². The predicted octanol–water partition coefficient (Wildman–Crippen LogP) is 0.904. The van der Waals surface area contributed by atoms with Crippen molar-refractivity contribution in [2.45, 2.75) is 13.0 Å². The average molecular weight is 247 g/mol. The van der Waals surface area contributed by atoms with Crippen molar-refractivity contribution >= 4 is 16.7 Å². The monoisotopic (exact) mass is 247 g/mol. The van der Waals surface area contributed by atoms with Crippen molar-refractivity contribution < 1.29 is 22.6 Å². The lowest BCUT2D eigenvalue weighted by molar-refractivity contribution is -0.385. The molecule has 1 rings (SSSR count). The normalized spacial score (nSPS) is 12.6. The van der Waals surface area contributed by atoms with E-state index in [2.05, 4.69) is 4.18 Å². The molecule has 0 aliphatic rings. The second kappa shape index (κ2) is 4.90. The Bertz CT molecular complexity index is 475. The molecule has 88 valence electrons. The van der Waals surface area contributed by atoms with Gasteiger partial charge < -0.3 is 5.11 Å². The molecule has 1 aromatic rings. The minimum absolute atomic E-state index is 0.0494. The molecule has 7 nitrogen and oxygen atoms in total. The fourth-order valence-corrected chi connectivity index (χ4v) is 1.54. The van der Waals surface area contributed by atoms with E-state index in [1.165, 1.54) is 6.92 Å². The summed E-state index contributed by atoms with van der Waals surface area (Å²) in [5.74, 6) is -0.255. The van der Waals surface area contributed by atoms with Crippen molar-refractivity contribution in [1.29, 1.82) is 0 Å². The highest BCUT2D eigenvalue weighted by atomic mass is 32.2. The van der Waals surface area contributed by atoms with Crippen LogP contribution in [0.25, 0.3) is 0 Å². The summed E-state index contributed by atoms with van der Waals surface area (Å²) in [6.45, 7) is 1.36. The minimum atomic E-state index is -3.08. The first-order valence-corrected chi connectivity index (χ1v) is 5.30. The first kappa shape index (κ1) is 12.4. The molecule has 1 N–H and O–H groups in total. The van der Waals surface area contributed by atoms with E-state index in [1.807, 2.05) is 0 Å². The maximum absolute atomic E-state index is 10.5. The van der Waals surface area contributed by atoms with Crippen LogP contribution in [0.5, 0.6) is 5.75 Å². The molecule has 0 fully saturated rings. The van der Waals surface area contributed by atoms with Crippen molar-refractivity contribution in [3.63, 3.8) is 0 Å². The lowest BCUT2D eigenvalue weighted by Gasteiger charge is -2.09. The molecule has 0 saturated heterocycles. The van der Waals surface area contributed by atoms with Crippen LogP contribution in [0.4, 0.5) is 5.69 Å². The van der Waals surface area contributed by atoms with Crippen LogP contribution in [0.3, 0.4) is 0 Å². The maximum atomic E-state index is 10.5. The highest BCUT2D eigenvalue weighted by Gasteiger charge is 2.16. The Hall–Kier alpha value is -1.67. The van der Waals surface area contributed by atoms with E-state index in [9.17, 15) is 23.6 Å². The van der Waals surface area contributed by atoms with Gasteiger partial charge in [0.15, 0.2) is 0 Å². The number of thiol groups is 1. The molecule has 0 saturated carbocycles. The van der Waals surface area contributed by atoms with Crippen LogP contribution in [0.1, 0.15) is 18.6 Å². The van der Waals surface area contributed by atoms with Crippen LogP contribution >= 0.6 is 0 Å². The molecular formula is C8H9NO6S. The molecular weight excluding hydrogens is 238 g/mol. The molecule has 0 amide bonds. The number of non-ortho nitro benzene ring substituents is 1. The highest BCUT2D eigenvalue weighted by Crippen LogP contribution is 2.30. The van der Waals surface area contributed by atoms with Crippen molar-refractivity contribution in [1.82, 2.24) is 0 Å². The number of hydrogen-bond acceptors (Lipinski definition) is 6. The summed E-state index contributed by atoms with van der Waals surface area (Å²) in [6, 6.07) is 3.30. The summed E-state index contributed by atoms with van der Waals surface area (Å²) < 4.78 is 25.0. The summed E-state index contributed by atoms with van der Waals surface area (Å²) in [7, 11) is -3.08.